The van der Waals surface area contributed by atoms with Gasteiger partial charge >= 0.3 is 0 Å². The Bertz CT molecular complexity index is 915. The molecule has 1 heterocycles. The SMILES string of the molecule is COc1ccc(Nc2ncc(C(=O)Nc3cc(Cl)ccc3Cl)cn2)cc1. The van der Waals surface area contributed by atoms with Crippen molar-refractivity contribution in [1.29, 1.82) is 0 Å². The molecule has 1 amide bonds. The summed E-state index contributed by atoms with van der Waals surface area (Å²) in [5.41, 5.74) is 1.51. The molecule has 0 fully saturated rings. The topological polar surface area (TPSA) is 76.1 Å². The van der Waals surface area contributed by atoms with Crippen LogP contribution in [0.3, 0.4) is 0 Å². The molecule has 0 aliphatic rings. The van der Waals surface area contributed by atoms with Crippen LogP contribution in [0.1, 0.15) is 10.4 Å². The Hall–Kier alpha value is -2.83. The van der Waals surface area contributed by atoms with Crippen LogP contribution in [-0.4, -0.2) is 23.0 Å². The lowest BCUT2D eigenvalue weighted by Gasteiger charge is -2.08. The molecule has 0 spiro atoms. The van der Waals surface area contributed by atoms with Gasteiger partial charge in [0, 0.05) is 23.1 Å². The van der Waals surface area contributed by atoms with Gasteiger partial charge in [0.15, 0.2) is 0 Å². The summed E-state index contributed by atoms with van der Waals surface area (Å²) in [5.74, 6) is 0.737. The van der Waals surface area contributed by atoms with Crippen molar-refractivity contribution in [3.05, 3.63) is 70.5 Å². The van der Waals surface area contributed by atoms with Crippen molar-refractivity contribution in [2.75, 3.05) is 17.7 Å². The molecular weight excluding hydrogens is 375 g/mol. The minimum Gasteiger partial charge on any atom is -0.497 e. The molecule has 132 valence electrons. The number of ether oxygens (including phenoxy) is 1. The van der Waals surface area contributed by atoms with E-state index in [1.54, 1.807) is 25.3 Å². The highest BCUT2D eigenvalue weighted by Gasteiger charge is 2.10. The third kappa shape index (κ3) is 4.41. The molecular formula is C18H14Cl2N4O2. The van der Waals surface area contributed by atoms with Gasteiger partial charge in [-0.15, -0.1) is 0 Å². The molecule has 0 aliphatic heterocycles. The maximum absolute atomic E-state index is 12.3. The Morgan fingerprint density at radius 1 is 1.04 bits per heavy atom. The zero-order chi connectivity index (χ0) is 18.5. The number of nitrogens with one attached hydrogen (secondary N) is 2. The molecule has 1 aromatic heterocycles. The average molecular weight is 389 g/mol. The van der Waals surface area contributed by atoms with E-state index in [1.807, 2.05) is 24.3 Å². The molecule has 2 N–H and O–H groups in total. The molecule has 3 rings (SSSR count). The van der Waals surface area contributed by atoms with Crippen LogP contribution in [0.25, 0.3) is 0 Å². The van der Waals surface area contributed by atoms with E-state index in [-0.39, 0.29) is 5.91 Å². The first-order valence-corrected chi connectivity index (χ1v) is 8.30. The number of halogens is 2. The van der Waals surface area contributed by atoms with Gasteiger partial charge in [-0.05, 0) is 42.5 Å². The minimum atomic E-state index is -0.384. The zero-order valence-corrected chi connectivity index (χ0v) is 15.2. The molecule has 0 bridgehead atoms. The van der Waals surface area contributed by atoms with E-state index in [0.717, 1.165) is 11.4 Å². The van der Waals surface area contributed by atoms with Crippen molar-refractivity contribution < 1.29 is 9.53 Å². The molecule has 2 aromatic carbocycles. The van der Waals surface area contributed by atoms with Gasteiger partial charge in [-0.25, -0.2) is 9.97 Å². The lowest BCUT2D eigenvalue weighted by atomic mass is 10.2. The second-order valence-corrected chi connectivity index (χ2v) is 6.07. The maximum atomic E-state index is 12.3. The third-order valence-electron chi connectivity index (χ3n) is 3.44. The largest absolute Gasteiger partial charge is 0.497 e. The fourth-order valence-electron chi connectivity index (χ4n) is 2.10. The predicted octanol–water partition coefficient (Wildman–Crippen LogP) is 4.79. The summed E-state index contributed by atoms with van der Waals surface area (Å²) in [5, 5.41) is 6.58. The summed E-state index contributed by atoms with van der Waals surface area (Å²) in [6.07, 6.45) is 2.85. The van der Waals surface area contributed by atoms with Crippen LogP contribution in [0.15, 0.2) is 54.9 Å². The minimum absolute atomic E-state index is 0.293. The van der Waals surface area contributed by atoms with Crippen molar-refractivity contribution in [1.82, 2.24) is 9.97 Å². The summed E-state index contributed by atoms with van der Waals surface area (Å²) in [7, 11) is 1.60. The third-order valence-corrected chi connectivity index (χ3v) is 4.00. The van der Waals surface area contributed by atoms with Gasteiger partial charge in [-0.2, -0.15) is 0 Å². The van der Waals surface area contributed by atoms with E-state index >= 15 is 0 Å². The number of aromatic nitrogens is 2. The standard InChI is InChI=1S/C18H14Cl2N4O2/c1-26-14-5-3-13(4-6-14)23-18-21-9-11(10-22-18)17(25)24-16-8-12(19)2-7-15(16)20/h2-10H,1H3,(H,24,25)(H,21,22,23). The van der Waals surface area contributed by atoms with E-state index < -0.39 is 0 Å². The first-order valence-electron chi connectivity index (χ1n) is 7.54. The number of nitrogens with zero attached hydrogens (tertiary/aromatic N) is 2. The van der Waals surface area contributed by atoms with Crippen molar-refractivity contribution in [2.45, 2.75) is 0 Å². The van der Waals surface area contributed by atoms with E-state index in [1.165, 1.54) is 12.4 Å². The number of benzene rings is 2. The highest BCUT2D eigenvalue weighted by Crippen LogP contribution is 2.26. The van der Waals surface area contributed by atoms with Gasteiger partial charge in [0.25, 0.3) is 5.91 Å². The fraction of sp³-hybridized carbons (Fsp3) is 0.0556. The molecule has 0 saturated heterocycles. The Morgan fingerprint density at radius 2 is 1.73 bits per heavy atom. The summed E-state index contributed by atoms with van der Waals surface area (Å²) < 4.78 is 5.10. The van der Waals surface area contributed by atoms with Gasteiger partial charge in [-0.3, -0.25) is 4.79 Å². The van der Waals surface area contributed by atoms with Crippen molar-refractivity contribution in [3.8, 4) is 5.75 Å². The van der Waals surface area contributed by atoms with Crippen molar-refractivity contribution in [2.24, 2.45) is 0 Å². The average Bonchev–Trinajstić information content (AvgIpc) is 2.66. The molecule has 0 radical (unpaired) electrons. The predicted molar refractivity (Wildman–Crippen MR) is 103 cm³/mol. The van der Waals surface area contributed by atoms with Crippen LogP contribution in [0.5, 0.6) is 5.75 Å². The molecule has 0 atom stereocenters. The van der Waals surface area contributed by atoms with Gasteiger partial charge in [-0.1, -0.05) is 23.2 Å². The fourth-order valence-corrected chi connectivity index (χ4v) is 2.44. The van der Waals surface area contributed by atoms with E-state index in [0.29, 0.717) is 27.2 Å². The lowest BCUT2D eigenvalue weighted by molar-refractivity contribution is 0.102. The number of carbonyl (C=O) groups excluding carboxylic acids is 1. The maximum Gasteiger partial charge on any atom is 0.258 e. The number of carbonyl (C=O) groups is 1. The Kier molecular flexibility index (Phi) is 5.55. The monoisotopic (exact) mass is 388 g/mol. The van der Waals surface area contributed by atoms with E-state index in [2.05, 4.69) is 20.6 Å². The summed E-state index contributed by atoms with van der Waals surface area (Å²) >= 11 is 12.0. The Balaban J connectivity index is 1.68. The Morgan fingerprint density at radius 3 is 2.38 bits per heavy atom. The van der Waals surface area contributed by atoms with Crippen molar-refractivity contribution >= 4 is 46.4 Å². The van der Waals surface area contributed by atoms with Gasteiger partial charge in [0.2, 0.25) is 5.95 Å². The number of anilines is 3. The summed E-state index contributed by atoms with van der Waals surface area (Å²) in [4.78, 5) is 20.6. The zero-order valence-electron chi connectivity index (χ0n) is 13.7. The van der Waals surface area contributed by atoms with Crippen LogP contribution in [0.2, 0.25) is 10.0 Å². The molecule has 26 heavy (non-hydrogen) atoms. The highest BCUT2D eigenvalue weighted by atomic mass is 35.5. The normalized spacial score (nSPS) is 10.3. The number of hydrogen-bond acceptors (Lipinski definition) is 5. The van der Waals surface area contributed by atoms with Crippen LogP contribution in [-0.2, 0) is 0 Å². The number of rotatable bonds is 5. The second kappa shape index (κ2) is 8.03. The Labute approximate surface area is 160 Å². The number of amides is 1. The van der Waals surface area contributed by atoms with Gasteiger partial charge in [0.1, 0.15) is 5.75 Å². The van der Waals surface area contributed by atoms with Crippen LogP contribution >= 0.6 is 23.2 Å². The molecule has 8 heteroatoms. The van der Waals surface area contributed by atoms with Crippen LogP contribution in [0, 0.1) is 0 Å². The molecule has 3 aromatic rings. The number of methoxy groups -OCH3 is 1. The summed E-state index contributed by atoms with van der Waals surface area (Å²) in [6, 6.07) is 12.1. The van der Waals surface area contributed by atoms with Crippen LogP contribution < -0.4 is 15.4 Å². The van der Waals surface area contributed by atoms with E-state index in [9.17, 15) is 4.79 Å². The van der Waals surface area contributed by atoms with Gasteiger partial charge in [0.05, 0.1) is 23.4 Å². The molecule has 0 unspecified atom stereocenters. The molecule has 6 nitrogen and oxygen atoms in total. The first kappa shape index (κ1) is 18.0. The molecule has 0 aliphatic carbocycles. The van der Waals surface area contributed by atoms with Crippen molar-refractivity contribution in [3.63, 3.8) is 0 Å². The highest BCUT2D eigenvalue weighted by molar-refractivity contribution is 6.35. The second-order valence-electron chi connectivity index (χ2n) is 5.23. The number of hydrogen-bond donors (Lipinski definition) is 2. The smallest absolute Gasteiger partial charge is 0.258 e. The first-order chi connectivity index (χ1) is 12.5. The van der Waals surface area contributed by atoms with E-state index in [4.69, 9.17) is 27.9 Å². The quantitative estimate of drug-likeness (QED) is 0.656. The van der Waals surface area contributed by atoms with Crippen LogP contribution in [0.4, 0.5) is 17.3 Å². The van der Waals surface area contributed by atoms with Gasteiger partial charge < -0.3 is 15.4 Å². The lowest BCUT2D eigenvalue weighted by Crippen LogP contribution is -2.13. The molecule has 0 saturated carbocycles. The summed E-state index contributed by atoms with van der Waals surface area (Å²) in [6.45, 7) is 0.